The summed E-state index contributed by atoms with van der Waals surface area (Å²) in [6.45, 7) is 0.554. The quantitative estimate of drug-likeness (QED) is 0.241. The predicted octanol–water partition coefficient (Wildman–Crippen LogP) is 5.87. The van der Waals surface area contributed by atoms with E-state index in [1.165, 1.54) is 17.7 Å². The first kappa shape index (κ1) is 26.9. The summed E-state index contributed by atoms with van der Waals surface area (Å²) in [6.07, 6.45) is -2.11. The number of unbranched alkanes of at least 4 members (excludes halogenated alkanes) is 1. The van der Waals surface area contributed by atoms with E-state index in [4.69, 9.17) is 5.11 Å². The maximum atomic E-state index is 13.7. The molecule has 0 aliphatic rings. The van der Waals surface area contributed by atoms with Gasteiger partial charge in [0.25, 0.3) is 5.91 Å². The molecule has 4 aromatic rings. The Kier molecular flexibility index (Phi) is 8.45. The van der Waals surface area contributed by atoms with E-state index in [9.17, 15) is 22.8 Å². The van der Waals surface area contributed by atoms with E-state index in [2.05, 4.69) is 22.4 Å². The largest absolute Gasteiger partial charge is 0.481 e. The Balaban J connectivity index is 1.61. The molecule has 9 heteroatoms. The van der Waals surface area contributed by atoms with Crippen LogP contribution in [-0.2, 0) is 30.4 Å². The van der Waals surface area contributed by atoms with Crippen LogP contribution < -0.4 is 5.32 Å². The van der Waals surface area contributed by atoms with E-state index in [-0.39, 0.29) is 24.9 Å². The molecule has 0 aliphatic carbocycles. The van der Waals surface area contributed by atoms with Gasteiger partial charge in [0.15, 0.2) is 0 Å². The molecule has 2 N–H and O–H groups in total. The summed E-state index contributed by atoms with van der Waals surface area (Å²) in [5, 5.41) is 11.3. The van der Waals surface area contributed by atoms with Crippen molar-refractivity contribution in [3.8, 4) is 0 Å². The van der Waals surface area contributed by atoms with Crippen LogP contribution in [0.3, 0.4) is 0 Å². The van der Waals surface area contributed by atoms with Crippen molar-refractivity contribution in [3.05, 3.63) is 101 Å². The van der Waals surface area contributed by atoms with Crippen LogP contribution in [0.4, 0.5) is 13.2 Å². The molecule has 1 aromatic heterocycles. The SMILES string of the molecule is O=C(O)CCNC(=O)c1ccc2c(c1)nc(Cc1ccccc1C(F)(F)F)n2CCCCc1ccccc1. The van der Waals surface area contributed by atoms with Gasteiger partial charge in [-0.1, -0.05) is 48.5 Å². The van der Waals surface area contributed by atoms with Crippen LogP contribution >= 0.6 is 0 Å². The normalized spacial score (nSPS) is 11.6. The fourth-order valence-electron chi connectivity index (χ4n) is 4.46. The molecule has 6 nitrogen and oxygen atoms in total. The summed E-state index contributed by atoms with van der Waals surface area (Å²) in [4.78, 5) is 27.9. The third-order valence-electron chi connectivity index (χ3n) is 6.33. The first-order valence-corrected chi connectivity index (χ1v) is 12.4. The molecular formula is C29H28F3N3O3. The highest BCUT2D eigenvalue weighted by molar-refractivity contribution is 5.97. The average molecular weight is 524 g/mol. The number of amides is 1. The predicted molar refractivity (Wildman–Crippen MR) is 138 cm³/mol. The Morgan fingerprint density at radius 3 is 2.42 bits per heavy atom. The number of aromatic nitrogens is 2. The van der Waals surface area contributed by atoms with Crippen LogP contribution in [0.25, 0.3) is 11.0 Å². The molecule has 3 aromatic carbocycles. The number of hydrogen-bond donors (Lipinski definition) is 2. The van der Waals surface area contributed by atoms with Gasteiger partial charge in [0.05, 0.1) is 23.0 Å². The van der Waals surface area contributed by atoms with Gasteiger partial charge < -0.3 is 15.0 Å². The number of carbonyl (C=O) groups is 2. The highest BCUT2D eigenvalue weighted by atomic mass is 19.4. The third-order valence-corrected chi connectivity index (χ3v) is 6.33. The van der Waals surface area contributed by atoms with Crippen molar-refractivity contribution in [1.29, 1.82) is 0 Å². The number of imidazole rings is 1. The molecule has 198 valence electrons. The number of carboxylic acids is 1. The van der Waals surface area contributed by atoms with Crippen LogP contribution in [0.1, 0.15) is 52.1 Å². The maximum absolute atomic E-state index is 13.7. The molecule has 0 unspecified atom stereocenters. The second kappa shape index (κ2) is 11.9. The molecule has 0 spiro atoms. The Bertz CT molecular complexity index is 1420. The maximum Gasteiger partial charge on any atom is 0.416 e. The standard InChI is InChI=1S/C29H28F3N3O3/c30-29(31,32)23-12-5-4-11-21(23)19-26-34-24-18-22(28(38)33-16-15-27(36)37)13-14-25(24)35(26)17-7-6-10-20-8-2-1-3-9-20/h1-5,8-9,11-14,18H,6-7,10,15-17,19H2,(H,33,38)(H,36,37). The lowest BCUT2D eigenvalue weighted by Gasteiger charge is -2.14. The summed E-state index contributed by atoms with van der Waals surface area (Å²) < 4.78 is 42.9. The van der Waals surface area contributed by atoms with Crippen molar-refractivity contribution in [2.45, 2.75) is 44.8 Å². The van der Waals surface area contributed by atoms with E-state index in [1.807, 2.05) is 22.8 Å². The van der Waals surface area contributed by atoms with Gasteiger partial charge in [-0.15, -0.1) is 0 Å². The Hall–Kier alpha value is -4.14. The number of rotatable bonds is 11. The van der Waals surface area contributed by atoms with Crippen molar-refractivity contribution >= 4 is 22.9 Å². The fraction of sp³-hybridized carbons (Fsp3) is 0.276. The molecule has 4 rings (SSSR count). The van der Waals surface area contributed by atoms with Crippen molar-refractivity contribution in [2.24, 2.45) is 0 Å². The number of aryl methyl sites for hydroxylation is 2. The van der Waals surface area contributed by atoms with Gasteiger partial charge in [0, 0.05) is 25.1 Å². The van der Waals surface area contributed by atoms with Crippen LogP contribution in [0, 0.1) is 0 Å². The highest BCUT2D eigenvalue weighted by Gasteiger charge is 2.33. The van der Waals surface area contributed by atoms with Crippen molar-refractivity contribution < 1.29 is 27.9 Å². The van der Waals surface area contributed by atoms with Crippen LogP contribution in [0.15, 0.2) is 72.8 Å². The minimum atomic E-state index is -4.48. The first-order valence-electron chi connectivity index (χ1n) is 12.4. The van der Waals surface area contributed by atoms with E-state index < -0.39 is 23.6 Å². The number of nitrogens with one attached hydrogen (secondary N) is 1. The van der Waals surface area contributed by atoms with Gasteiger partial charge in [0.2, 0.25) is 0 Å². The molecule has 0 saturated heterocycles. The number of halogens is 3. The van der Waals surface area contributed by atoms with E-state index in [0.717, 1.165) is 30.8 Å². The number of benzene rings is 3. The number of nitrogens with zero attached hydrogens (tertiary/aromatic N) is 2. The Morgan fingerprint density at radius 1 is 0.947 bits per heavy atom. The molecule has 0 radical (unpaired) electrons. The van der Waals surface area contributed by atoms with Crippen molar-refractivity contribution in [3.63, 3.8) is 0 Å². The summed E-state index contributed by atoms with van der Waals surface area (Å²) in [7, 11) is 0. The van der Waals surface area contributed by atoms with E-state index >= 15 is 0 Å². The van der Waals surface area contributed by atoms with Crippen molar-refractivity contribution in [2.75, 3.05) is 6.54 Å². The second-order valence-electron chi connectivity index (χ2n) is 9.06. The average Bonchev–Trinajstić information content (AvgIpc) is 3.22. The van der Waals surface area contributed by atoms with Gasteiger partial charge >= 0.3 is 12.1 Å². The molecule has 1 amide bonds. The van der Waals surface area contributed by atoms with Gasteiger partial charge in [-0.05, 0) is 54.7 Å². The Labute approximate surface area is 218 Å². The monoisotopic (exact) mass is 523 g/mol. The van der Waals surface area contributed by atoms with Gasteiger partial charge in [-0.25, -0.2) is 4.98 Å². The van der Waals surface area contributed by atoms with Gasteiger partial charge in [-0.3, -0.25) is 9.59 Å². The fourth-order valence-corrected chi connectivity index (χ4v) is 4.46. The highest BCUT2D eigenvalue weighted by Crippen LogP contribution is 2.33. The third kappa shape index (κ3) is 6.79. The Morgan fingerprint density at radius 2 is 1.68 bits per heavy atom. The first-order chi connectivity index (χ1) is 18.2. The lowest BCUT2D eigenvalue weighted by Crippen LogP contribution is -2.25. The molecule has 1 heterocycles. The van der Waals surface area contributed by atoms with Gasteiger partial charge in [-0.2, -0.15) is 13.2 Å². The minimum absolute atomic E-state index is 0.0107. The number of aliphatic carboxylic acids is 1. The molecule has 38 heavy (non-hydrogen) atoms. The van der Waals surface area contributed by atoms with Crippen molar-refractivity contribution in [1.82, 2.24) is 14.9 Å². The number of carbonyl (C=O) groups excluding carboxylic acids is 1. The van der Waals surface area contributed by atoms with Crippen LogP contribution in [-0.4, -0.2) is 33.1 Å². The number of carboxylic acid groups (broad SMARTS) is 1. The smallest absolute Gasteiger partial charge is 0.416 e. The second-order valence-corrected chi connectivity index (χ2v) is 9.06. The molecule has 0 fully saturated rings. The summed E-state index contributed by atoms with van der Waals surface area (Å²) in [5.74, 6) is -0.968. The lowest BCUT2D eigenvalue weighted by molar-refractivity contribution is -0.138. The number of hydrogen-bond acceptors (Lipinski definition) is 3. The molecule has 0 bridgehead atoms. The molecule has 0 atom stereocenters. The van der Waals surface area contributed by atoms with E-state index in [1.54, 1.807) is 24.3 Å². The lowest BCUT2D eigenvalue weighted by atomic mass is 10.0. The molecule has 0 saturated carbocycles. The number of alkyl halides is 3. The summed E-state index contributed by atoms with van der Waals surface area (Å²) in [6, 6.07) is 20.5. The zero-order valence-electron chi connectivity index (χ0n) is 20.7. The minimum Gasteiger partial charge on any atom is -0.481 e. The van der Waals surface area contributed by atoms with Crippen LogP contribution in [0.2, 0.25) is 0 Å². The molecular weight excluding hydrogens is 495 g/mol. The molecule has 0 aliphatic heterocycles. The summed E-state index contributed by atoms with van der Waals surface area (Å²) >= 11 is 0. The zero-order chi connectivity index (χ0) is 27.1. The van der Waals surface area contributed by atoms with Crippen LogP contribution in [0.5, 0.6) is 0 Å². The van der Waals surface area contributed by atoms with Gasteiger partial charge in [0.1, 0.15) is 5.82 Å². The van der Waals surface area contributed by atoms with E-state index in [0.29, 0.717) is 23.4 Å². The summed E-state index contributed by atoms with van der Waals surface area (Å²) in [5.41, 5.74) is 2.19. The zero-order valence-corrected chi connectivity index (χ0v) is 20.7. The number of fused-ring (bicyclic) bond motifs is 1. The topological polar surface area (TPSA) is 84.2 Å².